The molecule has 12 heavy (non-hydrogen) atoms. The van der Waals surface area contributed by atoms with Gasteiger partial charge in [0.25, 0.3) is 0 Å². The lowest BCUT2D eigenvalue weighted by molar-refractivity contribution is 0.318. The van der Waals surface area contributed by atoms with Gasteiger partial charge >= 0.3 is 0 Å². The molecule has 0 aliphatic carbocycles. The van der Waals surface area contributed by atoms with E-state index in [1.807, 2.05) is 0 Å². The van der Waals surface area contributed by atoms with Gasteiger partial charge in [-0.3, -0.25) is 0 Å². The van der Waals surface area contributed by atoms with Crippen molar-refractivity contribution in [2.24, 2.45) is 5.16 Å². The second-order valence-electron chi connectivity index (χ2n) is 2.35. The second kappa shape index (κ2) is 3.21. The molecule has 0 radical (unpaired) electrons. The highest BCUT2D eigenvalue weighted by atomic mass is 19.1. The third kappa shape index (κ3) is 1.53. The monoisotopic (exact) mass is 169 g/mol. The van der Waals surface area contributed by atoms with Gasteiger partial charge in [-0.15, -0.1) is 0 Å². The number of rotatable bonds is 1. The second-order valence-corrected chi connectivity index (χ2v) is 2.35. The van der Waals surface area contributed by atoms with E-state index in [9.17, 15) is 4.39 Å². The average Bonchev–Trinajstić information content (AvgIpc) is 2.03. The first kappa shape index (κ1) is 8.52. The van der Waals surface area contributed by atoms with Gasteiger partial charge in [0, 0.05) is 11.6 Å². The van der Waals surface area contributed by atoms with E-state index in [1.165, 1.54) is 19.1 Å². The molecule has 2 N–H and O–H groups in total. The van der Waals surface area contributed by atoms with Gasteiger partial charge in [0.1, 0.15) is 11.6 Å². The SMILES string of the molecule is C/C(=N\O)c1ccc(F)cc1O. The summed E-state index contributed by atoms with van der Waals surface area (Å²) in [6, 6.07) is 3.49. The van der Waals surface area contributed by atoms with E-state index in [2.05, 4.69) is 5.16 Å². The van der Waals surface area contributed by atoms with Gasteiger partial charge in [0.15, 0.2) is 0 Å². The van der Waals surface area contributed by atoms with Crippen LogP contribution in [0.25, 0.3) is 0 Å². The Morgan fingerprint density at radius 3 is 2.67 bits per heavy atom. The lowest BCUT2D eigenvalue weighted by Gasteiger charge is -2.01. The van der Waals surface area contributed by atoms with Crippen LogP contribution in [0.1, 0.15) is 12.5 Å². The fourth-order valence-electron chi connectivity index (χ4n) is 0.865. The molecule has 0 aromatic heterocycles. The molecule has 0 heterocycles. The number of benzene rings is 1. The summed E-state index contributed by atoms with van der Waals surface area (Å²) in [6.45, 7) is 1.51. The highest BCUT2D eigenvalue weighted by Crippen LogP contribution is 2.18. The zero-order valence-electron chi connectivity index (χ0n) is 6.45. The lowest BCUT2D eigenvalue weighted by Crippen LogP contribution is -1.95. The fourth-order valence-corrected chi connectivity index (χ4v) is 0.865. The molecular formula is C8H8FNO2. The molecule has 0 amide bonds. The van der Waals surface area contributed by atoms with Crippen LogP contribution in [-0.4, -0.2) is 16.0 Å². The highest BCUT2D eigenvalue weighted by molar-refractivity contribution is 6.00. The van der Waals surface area contributed by atoms with E-state index >= 15 is 0 Å². The van der Waals surface area contributed by atoms with Gasteiger partial charge in [-0.05, 0) is 19.1 Å². The van der Waals surface area contributed by atoms with Crippen molar-refractivity contribution < 1.29 is 14.7 Å². The fraction of sp³-hybridized carbons (Fsp3) is 0.125. The maximum absolute atomic E-state index is 12.5. The number of hydrogen-bond acceptors (Lipinski definition) is 3. The minimum atomic E-state index is -0.526. The summed E-state index contributed by atoms with van der Waals surface area (Å²) in [6.07, 6.45) is 0. The minimum absolute atomic E-state index is 0.231. The zero-order chi connectivity index (χ0) is 9.14. The molecule has 0 saturated heterocycles. The Hall–Kier alpha value is -1.58. The molecule has 1 aromatic carbocycles. The summed E-state index contributed by atoms with van der Waals surface area (Å²) in [5.41, 5.74) is 0.561. The lowest BCUT2D eigenvalue weighted by atomic mass is 10.1. The molecule has 0 bridgehead atoms. The van der Waals surface area contributed by atoms with Gasteiger partial charge < -0.3 is 10.3 Å². The van der Waals surface area contributed by atoms with Crippen molar-refractivity contribution in [3.63, 3.8) is 0 Å². The van der Waals surface area contributed by atoms with E-state index in [0.29, 0.717) is 5.56 Å². The zero-order valence-corrected chi connectivity index (χ0v) is 6.45. The Kier molecular flexibility index (Phi) is 2.28. The minimum Gasteiger partial charge on any atom is -0.507 e. The molecule has 1 aromatic rings. The van der Waals surface area contributed by atoms with E-state index in [-0.39, 0.29) is 11.5 Å². The molecule has 0 fully saturated rings. The molecule has 0 saturated carbocycles. The predicted octanol–water partition coefficient (Wildman–Crippen LogP) is 1.73. The first-order valence-electron chi connectivity index (χ1n) is 3.32. The summed E-state index contributed by atoms with van der Waals surface area (Å²) >= 11 is 0. The van der Waals surface area contributed by atoms with E-state index in [1.54, 1.807) is 0 Å². The maximum atomic E-state index is 12.5. The smallest absolute Gasteiger partial charge is 0.127 e. The predicted molar refractivity (Wildman–Crippen MR) is 42.1 cm³/mol. The summed E-state index contributed by atoms with van der Waals surface area (Å²) in [5.74, 6) is -0.757. The van der Waals surface area contributed by atoms with Crippen molar-refractivity contribution in [2.45, 2.75) is 6.92 Å². The van der Waals surface area contributed by atoms with Crippen molar-refractivity contribution in [3.8, 4) is 5.75 Å². The first-order chi connectivity index (χ1) is 5.65. The number of phenols is 1. The van der Waals surface area contributed by atoms with Gasteiger partial charge in [-0.2, -0.15) is 0 Å². The molecule has 0 aliphatic heterocycles. The van der Waals surface area contributed by atoms with Gasteiger partial charge in [-0.25, -0.2) is 4.39 Å². The van der Waals surface area contributed by atoms with Crippen LogP contribution in [0, 0.1) is 5.82 Å². The third-order valence-electron chi connectivity index (χ3n) is 1.50. The van der Waals surface area contributed by atoms with Gasteiger partial charge in [0.2, 0.25) is 0 Å². The van der Waals surface area contributed by atoms with Crippen molar-refractivity contribution in [3.05, 3.63) is 29.6 Å². The average molecular weight is 169 g/mol. The van der Waals surface area contributed by atoms with Gasteiger partial charge in [0.05, 0.1) is 5.71 Å². The number of hydrogen-bond donors (Lipinski definition) is 2. The topological polar surface area (TPSA) is 52.8 Å². The summed E-state index contributed by atoms with van der Waals surface area (Å²) < 4.78 is 12.5. The normalized spacial score (nSPS) is 11.7. The Morgan fingerprint density at radius 1 is 1.50 bits per heavy atom. The molecular weight excluding hydrogens is 161 g/mol. The quantitative estimate of drug-likeness (QED) is 0.382. The van der Waals surface area contributed by atoms with Crippen LogP contribution < -0.4 is 0 Å². The number of halogens is 1. The summed E-state index contributed by atoms with van der Waals surface area (Å²) in [7, 11) is 0. The highest BCUT2D eigenvalue weighted by Gasteiger charge is 2.05. The number of phenolic OH excluding ortho intramolecular Hbond substituents is 1. The standard InChI is InChI=1S/C8H8FNO2/c1-5(10-12)7-3-2-6(9)4-8(7)11/h2-4,11-12H,1H3/b10-5+. The molecule has 0 spiro atoms. The maximum Gasteiger partial charge on any atom is 0.127 e. The molecule has 4 heteroatoms. The Balaban J connectivity index is 3.18. The third-order valence-corrected chi connectivity index (χ3v) is 1.50. The first-order valence-corrected chi connectivity index (χ1v) is 3.32. The van der Waals surface area contributed by atoms with E-state index < -0.39 is 5.82 Å². The van der Waals surface area contributed by atoms with Crippen molar-refractivity contribution in [1.29, 1.82) is 0 Å². The number of nitrogens with zero attached hydrogens (tertiary/aromatic N) is 1. The number of oxime groups is 1. The van der Waals surface area contributed by atoms with Crippen LogP contribution >= 0.6 is 0 Å². The molecule has 0 atom stereocenters. The molecule has 64 valence electrons. The van der Waals surface area contributed by atoms with Crippen LogP contribution in [0.5, 0.6) is 5.75 Å². The van der Waals surface area contributed by atoms with Crippen LogP contribution in [0.3, 0.4) is 0 Å². The number of aromatic hydroxyl groups is 1. The summed E-state index contributed by atoms with van der Waals surface area (Å²) in [4.78, 5) is 0. The van der Waals surface area contributed by atoms with Gasteiger partial charge in [-0.1, -0.05) is 5.16 Å². The molecule has 0 aliphatic rings. The summed E-state index contributed by atoms with van der Waals surface area (Å²) in [5, 5.41) is 20.4. The van der Waals surface area contributed by atoms with Crippen LogP contribution in [0.4, 0.5) is 4.39 Å². The van der Waals surface area contributed by atoms with Crippen LogP contribution in [0.15, 0.2) is 23.4 Å². The van der Waals surface area contributed by atoms with Crippen molar-refractivity contribution in [2.75, 3.05) is 0 Å². The largest absolute Gasteiger partial charge is 0.507 e. The van der Waals surface area contributed by atoms with E-state index in [4.69, 9.17) is 10.3 Å². The Bertz CT molecular complexity index is 323. The Labute approximate surface area is 68.8 Å². The van der Waals surface area contributed by atoms with Crippen LogP contribution in [0.2, 0.25) is 0 Å². The van der Waals surface area contributed by atoms with Crippen molar-refractivity contribution in [1.82, 2.24) is 0 Å². The molecule has 3 nitrogen and oxygen atoms in total. The molecule has 0 unspecified atom stereocenters. The molecule has 1 rings (SSSR count). The van der Waals surface area contributed by atoms with Crippen molar-refractivity contribution >= 4 is 5.71 Å². The van der Waals surface area contributed by atoms with Crippen LogP contribution in [-0.2, 0) is 0 Å². The van der Waals surface area contributed by atoms with E-state index in [0.717, 1.165) is 6.07 Å². The Morgan fingerprint density at radius 2 is 2.17 bits per heavy atom.